The molecule has 1 amide bonds. The van der Waals surface area contributed by atoms with Crippen LogP contribution < -0.4 is 0 Å². The molecule has 1 aliphatic rings. The summed E-state index contributed by atoms with van der Waals surface area (Å²) in [6.45, 7) is 1.05. The first kappa shape index (κ1) is 19.0. The number of benzene rings is 2. The number of ketones is 1. The Bertz CT molecular complexity index is 1000. The molecule has 1 unspecified atom stereocenters. The van der Waals surface area contributed by atoms with E-state index < -0.39 is 5.82 Å². The fraction of sp³-hybridized carbons (Fsp3) is 0.273. The van der Waals surface area contributed by atoms with Crippen LogP contribution in [0.25, 0.3) is 11.1 Å². The van der Waals surface area contributed by atoms with Crippen LogP contribution in [0.3, 0.4) is 0 Å². The van der Waals surface area contributed by atoms with Crippen molar-refractivity contribution in [2.75, 3.05) is 13.1 Å². The molecule has 29 heavy (non-hydrogen) atoms. The standard InChI is InChI=1S/C22H21FN4O2/c23-20-11-17(8-9-19(20)16-5-2-1-3-6-16)22(29)18-7-4-10-26(12-18)21(28)13-27-15-24-14-25-27/h1-3,5-6,8-9,11,14-15,18H,4,7,10,12-13H2. The van der Waals surface area contributed by atoms with E-state index in [-0.39, 0.29) is 24.2 Å². The quantitative estimate of drug-likeness (QED) is 0.626. The summed E-state index contributed by atoms with van der Waals surface area (Å²) in [5.41, 5.74) is 1.58. The third-order valence-electron chi connectivity index (χ3n) is 5.25. The van der Waals surface area contributed by atoms with Crippen molar-refractivity contribution in [2.24, 2.45) is 5.92 Å². The largest absolute Gasteiger partial charge is 0.340 e. The Morgan fingerprint density at radius 1 is 1.14 bits per heavy atom. The van der Waals surface area contributed by atoms with Gasteiger partial charge in [-0.15, -0.1) is 0 Å². The summed E-state index contributed by atoms with van der Waals surface area (Å²) in [6.07, 6.45) is 4.29. The lowest BCUT2D eigenvalue weighted by atomic mass is 9.89. The summed E-state index contributed by atoms with van der Waals surface area (Å²) in [7, 11) is 0. The molecule has 148 valence electrons. The molecule has 3 aromatic rings. The molecular weight excluding hydrogens is 371 g/mol. The monoisotopic (exact) mass is 392 g/mol. The zero-order valence-electron chi connectivity index (χ0n) is 15.9. The Hall–Kier alpha value is -3.35. The number of hydrogen-bond acceptors (Lipinski definition) is 4. The van der Waals surface area contributed by atoms with Gasteiger partial charge in [0.15, 0.2) is 5.78 Å². The molecule has 2 heterocycles. The van der Waals surface area contributed by atoms with Crippen LogP contribution in [0.5, 0.6) is 0 Å². The fourth-order valence-electron chi connectivity index (χ4n) is 3.73. The van der Waals surface area contributed by atoms with Crippen LogP contribution in [-0.4, -0.2) is 44.4 Å². The third-order valence-corrected chi connectivity index (χ3v) is 5.25. The number of nitrogens with zero attached hydrogens (tertiary/aromatic N) is 4. The van der Waals surface area contributed by atoms with Crippen LogP contribution in [0.1, 0.15) is 23.2 Å². The van der Waals surface area contributed by atoms with Crippen molar-refractivity contribution in [3.8, 4) is 11.1 Å². The maximum Gasteiger partial charge on any atom is 0.244 e. The highest BCUT2D eigenvalue weighted by Crippen LogP contribution is 2.26. The predicted molar refractivity (Wildman–Crippen MR) is 105 cm³/mol. The molecule has 0 N–H and O–H groups in total. The van der Waals surface area contributed by atoms with Gasteiger partial charge in [0.2, 0.25) is 5.91 Å². The highest BCUT2D eigenvalue weighted by molar-refractivity contribution is 5.98. The topological polar surface area (TPSA) is 68.1 Å². The molecule has 0 saturated carbocycles. The van der Waals surface area contributed by atoms with Gasteiger partial charge in [0.05, 0.1) is 0 Å². The molecule has 2 aromatic carbocycles. The maximum absolute atomic E-state index is 14.6. The molecule has 7 heteroatoms. The van der Waals surface area contributed by atoms with Crippen molar-refractivity contribution in [3.05, 3.63) is 72.6 Å². The molecule has 1 saturated heterocycles. The summed E-state index contributed by atoms with van der Waals surface area (Å²) in [6, 6.07) is 13.9. The van der Waals surface area contributed by atoms with Crippen molar-refractivity contribution in [1.29, 1.82) is 0 Å². The second-order valence-electron chi connectivity index (χ2n) is 7.20. The number of hydrogen-bond donors (Lipinski definition) is 0. The Labute approximate surface area is 168 Å². The number of halogens is 1. The maximum atomic E-state index is 14.6. The van der Waals surface area contributed by atoms with Crippen molar-refractivity contribution >= 4 is 11.7 Å². The molecule has 0 bridgehead atoms. The average Bonchev–Trinajstić information content (AvgIpc) is 3.27. The van der Waals surface area contributed by atoms with Crippen molar-refractivity contribution in [3.63, 3.8) is 0 Å². The summed E-state index contributed by atoms with van der Waals surface area (Å²) in [5.74, 6) is -0.970. The van der Waals surface area contributed by atoms with Crippen molar-refractivity contribution in [2.45, 2.75) is 19.4 Å². The van der Waals surface area contributed by atoms with E-state index in [9.17, 15) is 14.0 Å². The number of carbonyl (C=O) groups excluding carboxylic acids is 2. The molecule has 1 fully saturated rings. The SMILES string of the molecule is O=C(c1ccc(-c2ccccc2)c(F)c1)C1CCCN(C(=O)Cn2cncn2)C1. The number of rotatable bonds is 5. The Morgan fingerprint density at radius 3 is 2.69 bits per heavy atom. The average molecular weight is 392 g/mol. The van der Waals surface area contributed by atoms with E-state index in [4.69, 9.17) is 0 Å². The summed E-state index contributed by atoms with van der Waals surface area (Å²) in [4.78, 5) is 31.0. The van der Waals surface area contributed by atoms with Gasteiger partial charge in [-0.05, 0) is 24.5 Å². The van der Waals surface area contributed by atoms with Gasteiger partial charge in [0, 0.05) is 30.1 Å². The molecule has 0 aliphatic carbocycles. The van der Waals surface area contributed by atoms with Crippen LogP contribution in [0.4, 0.5) is 4.39 Å². The molecule has 0 spiro atoms. The first-order valence-electron chi connectivity index (χ1n) is 9.61. The van der Waals surface area contributed by atoms with Gasteiger partial charge in [-0.3, -0.25) is 9.59 Å². The van der Waals surface area contributed by atoms with Crippen LogP contribution in [-0.2, 0) is 11.3 Å². The Kier molecular flexibility index (Phi) is 5.46. The lowest BCUT2D eigenvalue weighted by Gasteiger charge is -2.32. The van der Waals surface area contributed by atoms with Crippen LogP contribution in [0.15, 0.2) is 61.2 Å². The van der Waals surface area contributed by atoms with E-state index in [0.717, 1.165) is 12.0 Å². The van der Waals surface area contributed by atoms with Crippen molar-refractivity contribution in [1.82, 2.24) is 19.7 Å². The predicted octanol–water partition coefficient (Wildman–Crippen LogP) is 3.21. The number of carbonyl (C=O) groups is 2. The normalized spacial score (nSPS) is 16.6. The highest BCUT2D eigenvalue weighted by atomic mass is 19.1. The Balaban J connectivity index is 1.46. The molecule has 4 rings (SSSR count). The number of Topliss-reactive ketones (excluding diaryl/α,β-unsaturated/α-hetero) is 1. The van der Waals surface area contributed by atoms with E-state index in [1.807, 2.05) is 30.3 Å². The summed E-state index contributed by atoms with van der Waals surface area (Å²) >= 11 is 0. The lowest BCUT2D eigenvalue weighted by molar-refractivity contribution is -0.133. The second kappa shape index (κ2) is 8.34. The van der Waals surface area contributed by atoms with E-state index in [2.05, 4.69) is 10.1 Å². The molecule has 6 nitrogen and oxygen atoms in total. The van der Waals surface area contributed by atoms with Crippen LogP contribution in [0.2, 0.25) is 0 Å². The number of amides is 1. The van der Waals surface area contributed by atoms with Crippen LogP contribution in [0, 0.1) is 11.7 Å². The Morgan fingerprint density at radius 2 is 1.97 bits per heavy atom. The summed E-state index contributed by atoms with van der Waals surface area (Å²) in [5, 5.41) is 3.95. The van der Waals surface area contributed by atoms with Crippen molar-refractivity contribution < 1.29 is 14.0 Å². The lowest BCUT2D eigenvalue weighted by Crippen LogP contribution is -2.43. The first-order chi connectivity index (χ1) is 14.1. The number of likely N-dealkylation sites (tertiary alicyclic amines) is 1. The highest BCUT2D eigenvalue weighted by Gasteiger charge is 2.29. The van der Waals surface area contributed by atoms with Crippen LogP contribution >= 0.6 is 0 Å². The summed E-state index contributed by atoms with van der Waals surface area (Å²) < 4.78 is 16.1. The zero-order valence-corrected chi connectivity index (χ0v) is 15.9. The minimum Gasteiger partial charge on any atom is -0.340 e. The molecule has 1 atom stereocenters. The van der Waals surface area contributed by atoms with E-state index in [1.165, 1.54) is 23.4 Å². The van der Waals surface area contributed by atoms with Gasteiger partial charge in [-0.1, -0.05) is 42.5 Å². The number of piperidine rings is 1. The van der Waals surface area contributed by atoms with Gasteiger partial charge in [-0.25, -0.2) is 14.1 Å². The first-order valence-corrected chi connectivity index (χ1v) is 9.61. The van der Waals surface area contributed by atoms with Gasteiger partial charge in [0.1, 0.15) is 25.0 Å². The molecule has 1 aliphatic heterocycles. The van der Waals surface area contributed by atoms with E-state index in [1.54, 1.807) is 17.0 Å². The minimum atomic E-state index is -0.419. The minimum absolute atomic E-state index is 0.0985. The smallest absolute Gasteiger partial charge is 0.244 e. The van der Waals surface area contributed by atoms with E-state index in [0.29, 0.717) is 30.6 Å². The number of aromatic nitrogens is 3. The second-order valence-corrected chi connectivity index (χ2v) is 7.20. The van der Waals surface area contributed by atoms with Gasteiger partial charge < -0.3 is 4.90 Å². The fourth-order valence-corrected chi connectivity index (χ4v) is 3.73. The molecule has 1 aromatic heterocycles. The third kappa shape index (κ3) is 4.23. The molecular formula is C22H21FN4O2. The zero-order chi connectivity index (χ0) is 20.2. The molecule has 0 radical (unpaired) electrons. The van der Waals surface area contributed by atoms with Gasteiger partial charge in [-0.2, -0.15) is 5.10 Å². The van der Waals surface area contributed by atoms with E-state index >= 15 is 0 Å². The van der Waals surface area contributed by atoms with Gasteiger partial charge >= 0.3 is 0 Å². The van der Waals surface area contributed by atoms with Gasteiger partial charge in [0.25, 0.3) is 0 Å².